The van der Waals surface area contributed by atoms with E-state index in [0.29, 0.717) is 0 Å². The summed E-state index contributed by atoms with van der Waals surface area (Å²) in [6.07, 6.45) is 0. The first-order valence-corrected chi connectivity index (χ1v) is 3.70. The molecule has 0 spiro atoms. The van der Waals surface area contributed by atoms with Crippen molar-refractivity contribution >= 4 is 0 Å². The molecule has 8 N–H and O–H groups in total. The molecule has 15 heteroatoms. The van der Waals surface area contributed by atoms with Crippen LogP contribution in [0.2, 0.25) is 0 Å². The Labute approximate surface area is 107 Å². The van der Waals surface area contributed by atoms with E-state index in [0.717, 1.165) is 0 Å². The molecule has 12 nitrogen and oxygen atoms in total. The van der Waals surface area contributed by atoms with Crippen LogP contribution in [0, 0.1) is 20.5 Å². The molecule has 0 heterocycles. The predicted octanol–water partition coefficient (Wildman–Crippen LogP) is -12.8. The molecule has 96 valence electrons. The summed E-state index contributed by atoms with van der Waals surface area (Å²) in [5.41, 5.74) is 0. The minimum Gasteiger partial charge on any atom is -0.412 e. The molecule has 0 fully saturated rings. The van der Waals surface area contributed by atoms with Crippen LogP contribution in [-0.2, 0) is 27.3 Å². The van der Waals surface area contributed by atoms with Gasteiger partial charge in [-0.25, -0.2) is 37.3 Å². The smallest absolute Gasteiger partial charge is 0.412 e. The normalized spacial score (nSPS) is 8.00. The first-order valence-electron chi connectivity index (χ1n) is 1.23. The molecule has 0 aliphatic heterocycles. The quantitative estimate of drug-likeness (QED) is 0.360. The summed E-state index contributed by atoms with van der Waals surface area (Å²) in [5.74, 6) is 0. The third-order valence-electron chi connectivity index (χ3n) is 0. The van der Waals surface area contributed by atoms with Gasteiger partial charge in [-0.1, -0.05) is 0 Å². The van der Waals surface area contributed by atoms with Crippen molar-refractivity contribution in [2.24, 2.45) is 0 Å². The van der Waals surface area contributed by atoms with Crippen molar-refractivity contribution in [2.75, 3.05) is 0 Å². The summed E-state index contributed by atoms with van der Waals surface area (Å²) in [4.78, 5) is 0. The van der Waals surface area contributed by atoms with Gasteiger partial charge in [0.2, 0.25) is 0 Å². The molecule has 0 unspecified atom stereocenters. The van der Waals surface area contributed by atoms with Crippen molar-refractivity contribution < 1.29 is 107 Å². The van der Waals surface area contributed by atoms with Gasteiger partial charge in [0.1, 0.15) is 0 Å². The molecular formula is H8CdCl2O12. The first-order chi connectivity index (χ1) is 4.00. The Morgan fingerprint density at radius 2 is 0.400 bits per heavy atom. The average Bonchev–Trinajstić information content (AvgIpc) is 1.12. The van der Waals surface area contributed by atoms with Crippen molar-refractivity contribution in [3.05, 3.63) is 0 Å². The molecule has 0 radical (unpaired) electrons. The Morgan fingerprint density at radius 3 is 0.400 bits per heavy atom. The Bertz CT molecular complexity index is 56.6. The maximum atomic E-state index is 8.49. The minimum absolute atomic E-state index is 0. The molecule has 0 saturated heterocycles. The van der Waals surface area contributed by atoms with E-state index < -0.39 is 20.5 Å². The molecule has 0 aromatic rings. The molecule has 0 aromatic heterocycles. The second-order valence-electron chi connectivity index (χ2n) is 0.756. The molecule has 0 saturated carbocycles. The van der Waals surface area contributed by atoms with Gasteiger partial charge in [0, 0.05) is 0 Å². The summed E-state index contributed by atoms with van der Waals surface area (Å²) in [6, 6.07) is 0. The number of hydrogen-bond donors (Lipinski definition) is 0. The van der Waals surface area contributed by atoms with Crippen molar-refractivity contribution in [1.82, 2.24) is 0 Å². The van der Waals surface area contributed by atoms with E-state index in [1.54, 1.807) is 0 Å². The molecule has 0 aliphatic carbocycles. The minimum atomic E-state index is -4.94. The van der Waals surface area contributed by atoms with Gasteiger partial charge in [-0.05, 0) is 0 Å². The maximum absolute atomic E-state index is 8.49. The van der Waals surface area contributed by atoms with E-state index in [4.69, 9.17) is 37.3 Å². The Balaban J connectivity index is -0.0000000128. The van der Waals surface area contributed by atoms with Crippen LogP contribution in [0.5, 0.6) is 0 Å². The van der Waals surface area contributed by atoms with Crippen LogP contribution >= 0.6 is 0 Å². The molecule has 0 bridgehead atoms. The summed E-state index contributed by atoms with van der Waals surface area (Å²) in [7, 11) is -9.89. The van der Waals surface area contributed by atoms with Gasteiger partial charge in [0.15, 0.2) is 0 Å². The fraction of sp³-hybridized carbons (Fsp3) is 0. The topological polar surface area (TPSA) is 310 Å². The van der Waals surface area contributed by atoms with Crippen LogP contribution in [0.3, 0.4) is 0 Å². The van der Waals surface area contributed by atoms with Crippen molar-refractivity contribution in [2.45, 2.75) is 0 Å². The molecule has 15 heavy (non-hydrogen) atoms. The van der Waals surface area contributed by atoms with E-state index in [1.165, 1.54) is 0 Å². The van der Waals surface area contributed by atoms with Crippen molar-refractivity contribution in [3.8, 4) is 0 Å². The molecule has 0 rings (SSSR count). The number of halogens is 2. The van der Waals surface area contributed by atoms with Crippen molar-refractivity contribution in [1.29, 1.82) is 0 Å². The number of hydrogen-bond acceptors (Lipinski definition) is 8. The zero-order chi connectivity index (χ0) is 9.00. The zero-order valence-corrected chi connectivity index (χ0v) is 12.3. The van der Waals surface area contributed by atoms with Crippen molar-refractivity contribution in [3.63, 3.8) is 0 Å². The van der Waals surface area contributed by atoms with Gasteiger partial charge in [-0.15, -0.1) is 20.5 Å². The van der Waals surface area contributed by atoms with Gasteiger partial charge < -0.3 is 21.9 Å². The van der Waals surface area contributed by atoms with Crippen LogP contribution in [0.4, 0.5) is 0 Å². The summed E-state index contributed by atoms with van der Waals surface area (Å²) in [6.45, 7) is 0. The molecular weight excluding hydrogens is 375 g/mol. The van der Waals surface area contributed by atoms with Crippen LogP contribution in [-0.4, -0.2) is 21.9 Å². The molecule has 0 atom stereocenters. The third kappa shape index (κ3) is 2440. The van der Waals surface area contributed by atoms with Crippen LogP contribution in [0.1, 0.15) is 0 Å². The van der Waals surface area contributed by atoms with Gasteiger partial charge in [0.25, 0.3) is 0 Å². The molecule has 0 aromatic carbocycles. The van der Waals surface area contributed by atoms with Gasteiger partial charge in [-0.3, -0.25) is 0 Å². The SMILES string of the molecule is O.O.O.O.[Cd+2].[O-][Cl+3]([O-])([O-])[O-].[O-][Cl+3]([O-])([O-])[O-]. The van der Waals surface area contributed by atoms with Gasteiger partial charge in [0.05, 0.1) is 0 Å². The third-order valence-corrected chi connectivity index (χ3v) is 0. The second-order valence-corrected chi connectivity index (χ2v) is 2.27. The predicted molar refractivity (Wildman–Crippen MR) is 14.5 cm³/mol. The largest absolute Gasteiger partial charge is 2.00 e. The van der Waals surface area contributed by atoms with Gasteiger partial charge in [-0.2, -0.15) is 0 Å². The summed E-state index contributed by atoms with van der Waals surface area (Å²) < 4.78 is 67.9. The van der Waals surface area contributed by atoms with Gasteiger partial charge >= 0.3 is 27.3 Å². The summed E-state index contributed by atoms with van der Waals surface area (Å²) >= 11 is 0. The van der Waals surface area contributed by atoms with E-state index in [1.807, 2.05) is 0 Å². The zero-order valence-electron chi connectivity index (χ0n) is 6.73. The van der Waals surface area contributed by atoms with E-state index in [9.17, 15) is 0 Å². The monoisotopic (exact) mass is 384 g/mol. The Hall–Kier alpha value is 1.02. The fourth-order valence-electron chi connectivity index (χ4n) is 0. The molecule has 0 aliphatic rings. The molecule has 0 amide bonds. The van der Waals surface area contributed by atoms with E-state index >= 15 is 0 Å². The van der Waals surface area contributed by atoms with Crippen LogP contribution in [0.25, 0.3) is 0 Å². The maximum Gasteiger partial charge on any atom is 2.00 e. The Morgan fingerprint density at radius 1 is 0.400 bits per heavy atom. The van der Waals surface area contributed by atoms with Crippen LogP contribution in [0.15, 0.2) is 0 Å². The standard InChI is InChI=1S/Cd.2ClHO4.4H2O/c;2*2-1(3,4)5;;;;/h;2*(H,2,3,4,5);4*1H2/q+2;;;;;;/p-2. The second kappa shape index (κ2) is 17.4. The van der Waals surface area contributed by atoms with E-state index in [-0.39, 0.29) is 49.2 Å². The fourth-order valence-corrected chi connectivity index (χ4v) is 0. The average molecular weight is 383 g/mol. The Kier molecular flexibility index (Phi) is 51.6. The first kappa shape index (κ1) is 44.4. The summed E-state index contributed by atoms with van der Waals surface area (Å²) in [5, 5.41) is 0. The van der Waals surface area contributed by atoms with Crippen LogP contribution < -0.4 is 37.3 Å². The van der Waals surface area contributed by atoms with E-state index in [2.05, 4.69) is 0 Å². The number of rotatable bonds is 0.